The Kier molecular flexibility index (Phi) is 4.73. The highest BCUT2D eigenvalue weighted by Gasteiger charge is 2.05. The maximum Gasteiger partial charge on any atom is 0.138 e. The van der Waals surface area contributed by atoms with Crippen LogP contribution in [-0.4, -0.2) is 25.4 Å². The van der Waals surface area contributed by atoms with Gasteiger partial charge in [-0.15, -0.1) is 0 Å². The molecule has 0 amide bonds. The summed E-state index contributed by atoms with van der Waals surface area (Å²) >= 11 is 5.96. The van der Waals surface area contributed by atoms with Crippen LogP contribution in [0.25, 0.3) is 0 Å². The van der Waals surface area contributed by atoms with Crippen molar-refractivity contribution in [1.82, 2.24) is 0 Å². The van der Waals surface area contributed by atoms with Crippen molar-refractivity contribution in [3.8, 4) is 5.75 Å². The predicted molar refractivity (Wildman–Crippen MR) is 54.7 cm³/mol. The Labute approximate surface area is 88.2 Å². The minimum atomic E-state index is -0.0830. The lowest BCUT2D eigenvalue weighted by atomic mass is 10.2. The maximum absolute atomic E-state index is 8.95. The van der Waals surface area contributed by atoms with Crippen molar-refractivity contribution in [3.63, 3.8) is 0 Å². The van der Waals surface area contributed by atoms with Gasteiger partial charge < -0.3 is 14.6 Å². The average molecular weight is 217 g/mol. The van der Waals surface area contributed by atoms with E-state index in [9.17, 15) is 0 Å². The van der Waals surface area contributed by atoms with E-state index in [0.29, 0.717) is 29.5 Å². The number of hydrogen-bond donors (Lipinski definition) is 1. The van der Waals surface area contributed by atoms with Gasteiger partial charge in [0.05, 0.1) is 18.2 Å². The first-order valence-electron chi connectivity index (χ1n) is 4.29. The van der Waals surface area contributed by atoms with E-state index in [1.807, 2.05) is 0 Å². The lowest BCUT2D eigenvalue weighted by Gasteiger charge is -2.09. The summed E-state index contributed by atoms with van der Waals surface area (Å²) in [6.07, 6.45) is 0. The van der Waals surface area contributed by atoms with Crippen molar-refractivity contribution >= 4 is 11.6 Å². The minimum Gasteiger partial charge on any atom is -0.490 e. The summed E-state index contributed by atoms with van der Waals surface area (Å²) in [5.41, 5.74) is 0.668. The molecule has 0 fully saturated rings. The van der Waals surface area contributed by atoms with Gasteiger partial charge in [0.25, 0.3) is 0 Å². The molecule has 0 saturated heterocycles. The molecule has 0 aliphatic carbocycles. The fraction of sp³-hybridized carbons (Fsp3) is 0.400. The SMILES string of the molecule is COCCOc1cccc(CO)c1Cl. The molecule has 0 unspecified atom stereocenters. The highest BCUT2D eigenvalue weighted by Crippen LogP contribution is 2.27. The van der Waals surface area contributed by atoms with Crippen LogP contribution in [0.1, 0.15) is 5.56 Å². The van der Waals surface area contributed by atoms with Crippen LogP contribution < -0.4 is 4.74 Å². The Bertz CT molecular complexity index is 289. The first kappa shape index (κ1) is 11.3. The molecular weight excluding hydrogens is 204 g/mol. The van der Waals surface area contributed by atoms with E-state index in [2.05, 4.69) is 0 Å². The zero-order chi connectivity index (χ0) is 10.4. The van der Waals surface area contributed by atoms with Crippen LogP contribution in [0.2, 0.25) is 5.02 Å². The molecule has 0 heterocycles. The van der Waals surface area contributed by atoms with Crippen LogP contribution in [0.3, 0.4) is 0 Å². The highest BCUT2D eigenvalue weighted by atomic mass is 35.5. The van der Waals surface area contributed by atoms with Crippen molar-refractivity contribution in [1.29, 1.82) is 0 Å². The van der Waals surface area contributed by atoms with Gasteiger partial charge in [-0.2, -0.15) is 0 Å². The van der Waals surface area contributed by atoms with Crippen molar-refractivity contribution in [2.24, 2.45) is 0 Å². The Morgan fingerprint density at radius 2 is 2.14 bits per heavy atom. The number of methoxy groups -OCH3 is 1. The number of benzene rings is 1. The second kappa shape index (κ2) is 5.86. The van der Waals surface area contributed by atoms with Crippen LogP contribution in [0, 0.1) is 0 Å². The summed E-state index contributed by atoms with van der Waals surface area (Å²) in [5, 5.41) is 9.41. The maximum atomic E-state index is 8.95. The smallest absolute Gasteiger partial charge is 0.138 e. The van der Waals surface area contributed by atoms with Crippen molar-refractivity contribution in [2.75, 3.05) is 20.3 Å². The zero-order valence-corrected chi connectivity index (χ0v) is 8.75. The van der Waals surface area contributed by atoms with E-state index >= 15 is 0 Å². The lowest BCUT2D eigenvalue weighted by molar-refractivity contribution is 0.146. The average Bonchev–Trinajstić information content (AvgIpc) is 2.21. The van der Waals surface area contributed by atoms with Crippen LogP contribution >= 0.6 is 11.6 Å². The number of halogens is 1. The molecule has 0 saturated carbocycles. The molecule has 1 rings (SSSR count). The van der Waals surface area contributed by atoms with Crippen LogP contribution in [0.4, 0.5) is 0 Å². The summed E-state index contributed by atoms with van der Waals surface area (Å²) in [6.45, 7) is 0.880. The van der Waals surface area contributed by atoms with Crippen molar-refractivity contribution in [3.05, 3.63) is 28.8 Å². The molecule has 0 bridgehead atoms. The summed E-state index contributed by atoms with van der Waals surface area (Å²) in [5.74, 6) is 0.579. The molecule has 0 aromatic heterocycles. The topological polar surface area (TPSA) is 38.7 Å². The molecule has 1 aromatic rings. The summed E-state index contributed by atoms with van der Waals surface area (Å²) in [7, 11) is 1.61. The zero-order valence-electron chi connectivity index (χ0n) is 8.00. The van der Waals surface area contributed by atoms with Crippen molar-refractivity contribution in [2.45, 2.75) is 6.61 Å². The fourth-order valence-electron chi connectivity index (χ4n) is 1.02. The van der Waals surface area contributed by atoms with Gasteiger partial charge in [0, 0.05) is 7.11 Å². The van der Waals surface area contributed by atoms with Gasteiger partial charge >= 0.3 is 0 Å². The largest absolute Gasteiger partial charge is 0.490 e. The molecule has 1 N–H and O–H groups in total. The van der Waals surface area contributed by atoms with Gasteiger partial charge in [0.15, 0.2) is 0 Å². The minimum absolute atomic E-state index is 0.0830. The molecule has 1 aromatic carbocycles. The van der Waals surface area contributed by atoms with E-state index in [1.165, 1.54) is 0 Å². The van der Waals surface area contributed by atoms with Gasteiger partial charge in [-0.3, -0.25) is 0 Å². The molecule has 78 valence electrons. The quantitative estimate of drug-likeness (QED) is 0.764. The van der Waals surface area contributed by atoms with Crippen molar-refractivity contribution < 1.29 is 14.6 Å². The number of hydrogen-bond acceptors (Lipinski definition) is 3. The predicted octanol–water partition coefficient (Wildman–Crippen LogP) is 1.86. The van der Waals surface area contributed by atoms with E-state index in [4.69, 9.17) is 26.2 Å². The molecule has 3 nitrogen and oxygen atoms in total. The van der Waals surface area contributed by atoms with Crippen LogP contribution in [0.15, 0.2) is 18.2 Å². The van der Waals surface area contributed by atoms with Crippen LogP contribution in [0.5, 0.6) is 5.75 Å². The lowest BCUT2D eigenvalue weighted by Crippen LogP contribution is -2.05. The van der Waals surface area contributed by atoms with Gasteiger partial charge in [-0.05, 0) is 11.6 Å². The van der Waals surface area contributed by atoms with Gasteiger partial charge in [-0.25, -0.2) is 0 Å². The number of rotatable bonds is 5. The first-order chi connectivity index (χ1) is 6.79. The molecule has 4 heteroatoms. The summed E-state index contributed by atoms with van der Waals surface area (Å²) in [6, 6.07) is 5.31. The van der Waals surface area contributed by atoms with E-state index in [0.717, 1.165) is 0 Å². The van der Waals surface area contributed by atoms with E-state index in [-0.39, 0.29) is 6.61 Å². The van der Waals surface area contributed by atoms with Gasteiger partial charge in [0.2, 0.25) is 0 Å². The van der Waals surface area contributed by atoms with Gasteiger partial charge in [-0.1, -0.05) is 23.7 Å². The Balaban J connectivity index is 2.66. The number of aliphatic hydroxyl groups excluding tert-OH is 1. The second-order valence-corrected chi connectivity index (χ2v) is 3.11. The number of aliphatic hydroxyl groups is 1. The van der Waals surface area contributed by atoms with E-state index in [1.54, 1.807) is 25.3 Å². The third-order valence-corrected chi connectivity index (χ3v) is 2.19. The number of ether oxygens (including phenoxy) is 2. The fourth-order valence-corrected chi connectivity index (χ4v) is 1.27. The Morgan fingerprint density at radius 3 is 2.79 bits per heavy atom. The molecule has 0 aliphatic rings. The molecule has 0 radical (unpaired) electrons. The molecule has 0 aliphatic heterocycles. The molecule has 14 heavy (non-hydrogen) atoms. The Hall–Kier alpha value is -0.770. The molecule has 0 spiro atoms. The molecular formula is C10H13ClO3. The third-order valence-electron chi connectivity index (χ3n) is 1.76. The summed E-state index contributed by atoms with van der Waals surface area (Å²) < 4.78 is 10.2. The highest BCUT2D eigenvalue weighted by molar-refractivity contribution is 6.32. The standard InChI is InChI=1S/C10H13ClO3/c1-13-5-6-14-9-4-2-3-8(7-12)10(9)11/h2-4,12H,5-7H2,1H3. The summed E-state index contributed by atoms with van der Waals surface area (Å²) in [4.78, 5) is 0. The van der Waals surface area contributed by atoms with Crippen LogP contribution in [-0.2, 0) is 11.3 Å². The normalized spacial score (nSPS) is 10.2. The van der Waals surface area contributed by atoms with Gasteiger partial charge in [0.1, 0.15) is 12.4 Å². The monoisotopic (exact) mass is 216 g/mol. The third kappa shape index (κ3) is 2.87. The molecule has 0 atom stereocenters. The van der Waals surface area contributed by atoms with E-state index < -0.39 is 0 Å². The first-order valence-corrected chi connectivity index (χ1v) is 4.67. The second-order valence-electron chi connectivity index (χ2n) is 2.73. The Morgan fingerprint density at radius 1 is 1.36 bits per heavy atom.